The molecule has 0 aromatic heterocycles. The Morgan fingerprint density at radius 1 is 1.37 bits per heavy atom. The number of nitrogens with zero attached hydrogens (tertiary/aromatic N) is 1. The third kappa shape index (κ3) is 5.05. The van der Waals surface area contributed by atoms with E-state index in [-0.39, 0.29) is 23.7 Å². The van der Waals surface area contributed by atoms with Crippen molar-refractivity contribution in [2.45, 2.75) is 47.0 Å². The maximum atomic E-state index is 12.1. The van der Waals surface area contributed by atoms with Crippen LogP contribution in [0, 0.1) is 11.3 Å². The molecule has 0 fully saturated rings. The molecule has 19 heavy (non-hydrogen) atoms. The van der Waals surface area contributed by atoms with Gasteiger partial charge in [-0.3, -0.25) is 9.59 Å². The number of carboxylic acids is 1. The average molecular weight is 267 g/mol. The van der Waals surface area contributed by atoms with Crippen LogP contribution in [-0.4, -0.2) is 35.0 Å². The molecule has 1 atom stereocenters. The monoisotopic (exact) mass is 267 g/mol. The van der Waals surface area contributed by atoms with Gasteiger partial charge in [0.15, 0.2) is 0 Å². The van der Waals surface area contributed by atoms with E-state index in [9.17, 15) is 9.59 Å². The zero-order chi connectivity index (χ0) is 14.6. The van der Waals surface area contributed by atoms with E-state index >= 15 is 0 Å². The van der Waals surface area contributed by atoms with Gasteiger partial charge in [0.2, 0.25) is 5.91 Å². The minimum atomic E-state index is -0.839. The lowest BCUT2D eigenvalue weighted by Gasteiger charge is -2.32. The van der Waals surface area contributed by atoms with Crippen LogP contribution in [0.5, 0.6) is 0 Å². The summed E-state index contributed by atoms with van der Waals surface area (Å²) < 4.78 is 0. The van der Waals surface area contributed by atoms with E-state index in [2.05, 4.69) is 26.8 Å². The fourth-order valence-electron chi connectivity index (χ4n) is 2.37. The van der Waals surface area contributed by atoms with E-state index in [0.29, 0.717) is 13.0 Å². The molecular formula is C15H25NO3. The predicted molar refractivity (Wildman–Crippen MR) is 74.8 cm³/mol. The second-order valence-corrected chi connectivity index (χ2v) is 6.48. The highest BCUT2D eigenvalue weighted by Crippen LogP contribution is 2.30. The number of carbonyl (C=O) groups is 2. The van der Waals surface area contributed by atoms with Crippen molar-refractivity contribution in [3.05, 3.63) is 11.6 Å². The fourth-order valence-corrected chi connectivity index (χ4v) is 2.37. The van der Waals surface area contributed by atoms with Gasteiger partial charge in [0.05, 0.1) is 0 Å². The Kier molecular flexibility index (Phi) is 5.15. The minimum Gasteiger partial charge on any atom is -0.481 e. The summed E-state index contributed by atoms with van der Waals surface area (Å²) in [5.41, 5.74) is 1.57. The largest absolute Gasteiger partial charge is 0.481 e. The highest BCUT2D eigenvalue weighted by Gasteiger charge is 2.24. The second-order valence-electron chi connectivity index (χ2n) is 6.48. The average Bonchev–Trinajstić information content (AvgIpc) is 2.26. The summed E-state index contributed by atoms with van der Waals surface area (Å²) in [5.74, 6) is -0.871. The van der Waals surface area contributed by atoms with Crippen LogP contribution in [0.4, 0.5) is 0 Å². The van der Waals surface area contributed by atoms with Gasteiger partial charge in [-0.25, -0.2) is 0 Å². The van der Waals surface area contributed by atoms with Crippen molar-refractivity contribution >= 4 is 11.9 Å². The smallest absolute Gasteiger partial charge is 0.303 e. The first-order chi connectivity index (χ1) is 8.70. The summed E-state index contributed by atoms with van der Waals surface area (Å²) in [7, 11) is 0. The van der Waals surface area contributed by atoms with E-state index in [0.717, 1.165) is 13.0 Å². The van der Waals surface area contributed by atoms with Crippen molar-refractivity contribution in [3.63, 3.8) is 0 Å². The molecule has 1 amide bonds. The summed E-state index contributed by atoms with van der Waals surface area (Å²) >= 11 is 0. The van der Waals surface area contributed by atoms with E-state index in [1.807, 2.05) is 11.8 Å². The molecule has 0 radical (unpaired) electrons. The lowest BCUT2D eigenvalue weighted by molar-refractivity contribution is -0.138. The van der Waals surface area contributed by atoms with Crippen LogP contribution in [0.2, 0.25) is 0 Å². The molecule has 0 saturated heterocycles. The van der Waals surface area contributed by atoms with Gasteiger partial charge in [-0.15, -0.1) is 0 Å². The minimum absolute atomic E-state index is 0.0582. The first-order valence-electron chi connectivity index (χ1n) is 6.89. The molecule has 4 nitrogen and oxygen atoms in total. The molecule has 0 spiro atoms. The predicted octanol–water partition coefficient (Wildman–Crippen LogP) is 2.69. The topological polar surface area (TPSA) is 57.6 Å². The van der Waals surface area contributed by atoms with Gasteiger partial charge < -0.3 is 10.0 Å². The molecule has 1 heterocycles. The Bertz CT molecular complexity index is 379. The molecular weight excluding hydrogens is 242 g/mol. The quantitative estimate of drug-likeness (QED) is 0.797. The number of aliphatic carboxylic acids is 1. The van der Waals surface area contributed by atoms with Crippen LogP contribution >= 0.6 is 0 Å². The fraction of sp³-hybridized carbons (Fsp3) is 0.733. The van der Waals surface area contributed by atoms with Gasteiger partial charge in [0.1, 0.15) is 0 Å². The van der Waals surface area contributed by atoms with Crippen molar-refractivity contribution in [3.8, 4) is 0 Å². The lowest BCUT2D eigenvalue weighted by atomic mass is 9.83. The van der Waals surface area contributed by atoms with Crippen LogP contribution in [0.15, 0.2) is 11.6 Å². The maximum Gasteiger partial charge on any atom is 0.303 e. The van der Waals surface area contributed by atoms with Gasteiger partial charge in [0, 0.05) is 25.9 Å². The van der Waals surface area contributed by atoms with Crippen molar-refractivity contribution in [1.29, 1.82) is 0 Å². The Balaban J connectivity index is 2.49. The Morgan fingerprint density at radius 2 is 2.00 bits per heavy atom. The maximum absolute atomic E-state index is 12.1. The molecule has 4 heteroatoms. The number of rotatable bonds is 4. The first kappa shape index (κ1) is 15.7. The summed E-state index contributed by atoms with van der Waals surface area (Å²) in [6, 6.07) is 0. The third-order valence-corrected chi connectivity index (χ3v) is 3.57. The second kappa shape index (κ2) is 6.22. The van der Waals surface area contributed by atoms with Crippen molar-refractivity contribution < 1.29 is 14.7 Å². The van der Waals surface area contributed by atoms with Gasteiger partial charge in [-0.05, 0) is 17.8 Å². The summed E-state index contributed by atoms with van der Waals surface area (Å²) in [4.78, 5) is 24.5. The Labute approximate surface area is 115 Å². The Hall–Kier alpha value is -1.32. The van der Waals surface area contributed by atoms with E-state index in [4.69, 9.17) is 5.11 Å². The number of amides is 1. The van der Waals surface area contributed by atoms with Crippen LogP contribution in [0.1, 0.15) is 47.0 Å². The number of hydrogen-bond acceptors (Lipinski definition) is 2. The highest BCUT2D eigenvalue weighted by molar-refractivity contribution is 5.77. The third-order valence-electron chi connectivity index (χ3n) is 3.57. The molecule has 1 aliphatic rings. The van der Waals surface area contributed by atoms with Gasteiger partial charge in [0.25, 0.3) is 0 Å². The molecule has 1 rings (SSSR count). The van der Waals surface area contributed by atoms with Crippen molar-refractivity contribution in [1.82, 2.24) is 4.90 Å². The SMILES string of the molecule is CC(CC(=O)O)CC(=O)N1CC=C(C(C)(C)C)CC1. The van der Waals surface area contributed by atoms with Gasteiger partial charge >= 0.3 is 5.97 Å². The zero-order valence-electron chi connectivity index (χ0n) is 12.4. The van der Waals surface area contributed by atoms with Crippen LogP contribution in [-0.2, 0) is 9.59 Å². The zero-order valence-corrected chi connectivity index (χ0v) is 12.4. The lowest BCUT2D eigenvalue weighted by Crippen LogP contribution is -2.37. The molecule has 0 aliphatic carbocycles. The summed E-state index contributed by atoms with van der Waals surface area (Å²) in [6.07, 6.45) is 3.44. The number of carboxylic acid groups (broad SMARTS) is 1. The molecule has 0 bridgehead atoms. The Morgan fingerprint density at radius 3 is 2.42 bits per heavy atom. The normalized spacial score (nSPS) is 17.9. The summed E-state index contributed by atoms with van der Waals surface area (Å²) in [5, 5.41) is 8.70. The number of carbonyl (C=O) groups excluding carboxylic acids is 1. The van der Waals surface area contributed by atoms with Crippen molar-refractivity contribution in [2.24, 2.45) is 11.3 Å². The molecule has 108 valence electrons. The summed E-state index contributed by atoms with van der Waals surface area (Å²) in [6.45, 7) is 9.78. The van der Waals surface area contributed by atoms with Gasteiger partial charge in [-0.1, -0.05) is 39.3 Å². The highest BCUT2D eigenvalue weighted by atomic mass is 16.4. The van der Waals surface area contributed by atoms with Crippen LogP contribution in [0.3, 0.4) is 0 Å². The van der Waals surface area contributed by atoms with Crippen LogP contribution in [0.25, 0.3) is 0 Å². The van der Waals surface area contributed by atoms with Gasteiger partial charge in [-0.2, -0.15) is 0 Å². The molecule has 1 aliphatic heterocycles. The molecule has 0 aromatic rings. The van der Waals surface area contributed by atoms with Crippen molar-refractivity contribution in [2.75, 3.05) is 13.1 Å². The van der Waals surface area contributed by atoms with E-state index < -0.39 is 5.97 Å². The molecule has 0 aromatic carbocycles. The van der Waals surface area contributed by atoms with E-state index in [1.165, 1.54) is 5.57 Å². The van der Waals surface area contributed by atoms with Crippen LogP contribution < -0.4 is 0 Å². The molecule has 1 unspecified atom stereocenters. The first-order valence-corrected chi connectivity index (χ1v) is 6.89. The molecule has 0 saturated carbocycles. The molecule has 1 N–H and O–H groups in total. The van der Waals surface area contributed by atoms with E-state index in [1.54, 1.807) is 0 Å². The standard InChI is InChI=1S/C15H25NO3/c1-11(10-14(18)19)9-13(17)16-7-5-12(6-8-16)15(2,3)4/h5,11H,6-10H2,1-4H3,(H,18,19). The number of hydrogen-bond donors (Lipinski definition) is 1.